The molecule has 1 atom stereocenters. The smallest absolute Gasteiger partial charge is 0.0756 e. The summed E-state index contributed by atoms with van der Waals surface area (Å²) in [6, 6.07) is 0.396. The Morgan fingerprint density at radius 2 is 1.94 bits per heavy atom. The summed E-state index contributed by atoms with van der Waals surface area (Å²) >= 11 is 0. The highest BCUT2D eigenvalue weighted by Crippen LogP contribution is 2.19. The van der Waals surface area contributed by atoms with Gasteiger partial charge in [-0.05, 0) is 19.9 Å². The maximum atomic E-state index is 4.16. The van der Waals surface area contributed by atoms with Gasteiger partial charge in [-0.2, -0.15) is 0 Å². The minimum atomic E-state index is 0.396. The lowest BCUT2D eigenvalue weighted by Gasteiger charge is -2.16. The van der Waals surface area contributed by atoms with Crippen LogP contribution in [0.2, 0.25) is 0 Å². The second kappa shape index (κ2) is 9.09. The summed E-state index contributed by atoms with van der Waals surface area (Å²) in [5.74, 6) is 0. The maximum absolute atomic E-state index is 4.16. The number of unbranched alkanes of at least 4 members (excludes halogenated alkanes) is 4. The number of nitrogens with zero attached hydrogens (tertiary/aromatic N) is 3. The quantitative estimate of drug-likeness (QED) is 0.650. The second-order valence-corrected chi connectivity index (χ2v) is 4.93. The molecule has 0 aliphatic carbocycles. The van der Waals surface area contributed by atoms with Gasteiger partial charge in [0.2, 0.25) is 0 Å². The Balaban J connectivity index is 2.41. The van der Waals surface area contributed by atoms with Gasteiger partial charge in [-0.3, -0.25) is 0 Å². The minimum Gasteiger partial charge on any atom is -0.312 e. The first-order valence-corrected chi connectivity index (χ1v) is 7.39. The van der Waals surface area contributed by atoms with Gasteiger partial charge in [-0.25, -0.2) is 4.68 Å². The Bertz CT molecular complexity index is 308. The number of nitrogens with one attached hydrogen (secondary N) is 1. The molecule has 0 bridgehead atoms. The van der Waals surface area contributed by atoms with Crippen molar-refractivity contribution in [1.82, 2.24) is 20.3 Å². The van der Waals surface area contributed by atoms with Crippen LogP contribution in [0.1, 0.15) is 70.5 Å². The van der Waals surface area contributed by atoms with E-state index in [-0.39, 0.29) is 0 Å². The third-order valence-electron chi connectivity index (χ3n) is 3.38. The van der Waals surface area contributed by atoms with Crippen molar-refractivity contribution in [3.63, 3.8) is 0 Å². The lowest BCUT2D eigenvalue weighted by Crippen LogP contribution is -2.20. The summed E-state index contributed by atoms with van der Waals surface area (Å²) in [6.45, 7) is 5.39. The van der Waals surface area contributed by atoms with Crippen molar-refractivity contribution in [3.05, 3.63) is 11.9 Å². The molecule has 0 aliphatic heterocycles. The van der Waals surface area contributed by atoms with Crippen LogP contribution in [0.15, 0.2) is 6.20 Å². The lowest BCUT2D eigenvalue weighted by atomic mass is 10.0. The average Bonchev–Trinajstić information content (AvgIpc) is 2.83. The van der Waals surface area contributed by atoms with E-state index in [1.165, 1.54) is 44.2 Å². The molecule has 0 amide bonds. The first-order valence-electron chi connectivity index (χ1n) is 7.39. The molecule has 1 rings (SSSR count). The Kier molecular flexibility index (Phi) is 7.65. The van der Waals surface area contributed by atoms with Gasteiger partial charge >= 0.3 is 0 Å². The Labute approximate surface area is 111 Å². The van der Waals surface area contributed by atoms with E-state index < -0.39 is 0 Å². The van der Waals surface area contributed by atoms with Crippen molar-refractivity contribution >= 4 is 0 Å². The zero-order valence-corrected chi connectivity index (χ0v) is 12.2. The zero-order valence-electron chi connectivity index (χ0n) is 12.2. The fourth-order valence-electron chi connectivity index (χ4n) is 2.31. The molecule has 4 nitrogen and oxygen atoms in total. The van der Waals surface area contributed by atoms with E-state index in [1.807, 2.05) is 17.9 Å². The monoisotopic (exact) mass is 252 g/mol. The average molecular weight is 252 g/mol. The SMILES string of the molecule is CCCCCCCC(NC)c1cnnn1CCC. The van der Waals surface area contributed by atoms with Crippen molar-refractivity contribution in [3.8, 4) is 0 Å². The standard InChI is InChI=1S/C14H28N4/c1-4-6-7-8-9-10-13(15-3)14-12-16-17-18(14)11-5-2/h12-13,15H,4-11H2,1-3H3. The Morgan fingerprint density at radius 3 is 2.61 bits per heavy atom. The third kappa shape index (κ3) is 4.77. The molecule has 1 aromatic heterocycles. The molecular formula is C14H28N4. The minimum absolute atomic E-state index is 0.396. The predicted molar refractivity (Wildman–Crippen MR) is 75.5 cm³/mol. The van der Waals surface area contributed by atoms with E-state index in [4.69, 9.17) is 0 Å². The van der Waals surface area contributed by atoms with Crippen LogP contribution in [-0.4, -0.2) is 22.0 Å². The van der Waals surface area contributed by atoms with Gasteiger partial charge in [0.05, 0.1) is 17.9 Å². The zero-order chi connectivity index (χ0) is 13.2. The molecule has 0 saturated heterocycles. The summed E-state index contributed by atoms with van der Waals surface area (Å²) in [7, 11) is 2.03. The summed E-state index contributed by atoms with van der Waals surface area (Å²) < 4.78 is 2.03. The van der Waals surface area contributed by atoms with Gasteiger partial charge in [0.25, 0.3) is 0 Å². The molecule has 0 spiro atoms. The van der Waals surface area contributed by atoms with Gasteiger partial charge in [-0.15, -0.1) is 5.10 Å². The molecule has 0 aliphatic rings. The van der Waals surface area contributed by atoms with Crippen molar-refractivity contribution in [1.29, 1.82) is 0 Å². The van der Waals surface area contributed by atoms with Crippen LogP contribution in [0.4, 0.5) is 0 Å². The molecule has 1 unspecified atom stereocenters. The predicted octanol–water partition coefficient (Wildman–Crippen LogP) is 3.31. The molecule has 18 heavy (non-hydrogen) atoms. The van der Waals surface area contributed by atoms with Crippen LogP contribution in [0.3, 0.4) is 0 Å². The van der Waals surface area contributed by atoms with Crippen molar-refractivity contribution in [2.45, 2.75) is 71.4 Å². The molecular weight excluding hydrogens is 224 g/mol. The molecule has 1 N–H and O–H groups in total. The third-order valence-corrected chi connectivity index (χ3v) is 3.38. The number of hydrogen-bond acceptors (Lipinski definition) is 3. The van der Waals surface area contributed by atoms with E-state index in [1.54, 1.807) is 0 Å². The Morgan fingerprint density at radius 1 is 1.17 bits per heavy atom. The van der Waals surface area contributed by atoms with E-state index in [9.17, 15) is 0 Å². The van der Waals surface area contributed by atoms with E-state index in [2.05, 4.69) is 29.5 Å². The van der Waals surface area contributed by atoms with Gasteiger partial charge in [0.15, 0.2) is 0 Å². The summed E-state index contributed by atoms with van der Waals surface area (Å²) in [5.41, 5.74) is 1.23. The van der Waals surface area contributed by atoms with Gasteiger partial charge < -0.3 is 5.32 Å². The fourth-order valence-corrected chi connectivity index (χ4v) is 2.31. The number of rotatable bonds is 10. The molecule has 4 heteroatoms. The Hall–Kier alpha value is -0.900. The summed E-state index contributed by atoms with van der Waals surface area (Å²) in [5, 5.41) is 11.6. The second-order valence-electron chi connectivity index (χ2n) is 4.93. The topological polar surface area (TPSA) is 42.7 Å². The first-order chi connectivity index (χ1) is 8.83. The summed E-state index contributed by atoms with van der Waals surface area (Å²) in [4.78, 5) is 0. The molecule has 1 aromatic rings. The molecule has 0 fully saturated rings. The molecule has 104 valence electrons. The van der Waals surface area contributed by atoms with E-state index >= 15 is 0 Å². The lowest BCUT2D eigenvalue weighted by molar-refractivity contribution is 0.452. The van der Waals surface area contributed by atoms with Gasteiger partial charge in [-0.1, -0.05) is 51.2 Å². The highest BCUT2D eigenvalue weighted by Gasteiger charge is 2.14. The van der Waals surface area contributed by atoms with Gasteiger partial charge in [0.1, 0.15) is 0 Å². The van der Waals surface area contributed by atoms with Crippen LogP contribution in [0, 0.1) is 0 Å². The molecule has 0 radical (unpaired) electrons. The number of aryl methyl sites for hydroxylation is 1. The normalized spacial score (nSPS) is 12.8. The van der Waals surface area contributed by atoms with E-state index in [0.717, 1.165) is 13.0 Å². The highest BCUT2D eigenvalue weighted by molar-refractivity contribution is 5.01. The number of hydrogen-bond donors (Lipinski definition) is 1. The first kappa shape index (κ1) is 15.2. The molecule has 0 aromatic carbocycles. The van der Waals surface area contributed by atoms with Crippen LogP contribution >= 0.6 is 0 Å². The van der Waals surface area contributed by atoms with Crippen molar-refractivity contribution < 1.29 is 0 Å². The van der Waals surface area contributed by atoms with Crippen molar-refractivity contribution in [2.75, 3.05) is 7.05 Å². The number of aromatic nitrogens is 3. The van der Waals surface area contributed by atoms with Crippen LogP contribution < -0.4 is 5.32 Å². The fraction of sp³-hybridized carbons (Fsp3) is 0.857. The van der Waals surface area contributed by atoms with Crippen molar-refractivity contribution in [2.24, 2.45) is 0 Å². The molecule has 0 saturated carbocycles. The largest absolute Gasteiger partial charge is 0.312 e. The van der Waals surface area contributed by atoms with Crippen LogP contribution in [-0.2, 0) is 6.54 Å². The summed E-state index contributed by atoms with van der Waals surface area (Å²) in [6.07, 6.45) is 10.8. The van der Waals surface area contributed by atoms with E-state index in [0.29, 0.717) is 6.04 Å². The maximum Gasteiger partial charge on any atom is 0.0756 e. The van der Waals surface area contributed by atoms with Crippen LogP contribution in [0.25, 0.3) is 0 Å². The highest BCUT2D eigenvalue weighted by atomic mass is 15.4. The van der Waals surface area contributed by atoms with Gasteiger partial charge in [0, 0.05) is 6.54 Å². The van der Waals surface area contributed by atoms with Crippen LogP contribution in [0.5, 0.6) is 0 Å². The molecule has 1 heterocycles.